The standard InChI is InChI=1S/C19H26N2O6/c1-13(8-11-27-14(2)22)18(24)20-9-4-5-10-21-19(25)15-6-7-17(26-3)16(23)12-15/h6-8,12,23H,4-5,9-11H2,1-3H3,(H,20,24)(H,21,25)/b13-8+. The lowest BCUT2D eigenvalue weighted by atomic mass is 10.2. The third kappa shape index (κ3) is 8.26. The zero-order valence-corrected chi connectivity index (χ0v) is 15.8. The van der Waals surface area contributed by atoms with Crippen molar-refractivity contribution in [3.63, 3.8) is 0 Å². The summed E-state index contributed by atoms with van der Waals surface area (Å²) >= 11 is 0. The number of ether oxygens (including phenoxy) is 2. The van der Waals surface area contributed by atoms with Gasteiger partial charge in [-0.15, -0.1) is 0 Å². The maximum absolute atomic E-state index is 12.0. The van der Waals surface area contributed by atoms with E-state index >= 15 is 0 Å². The number of carbonyl (C=O) groups excluding carboxylic acids is 3. The van der Waals surface area contributed by atoms with Crippen LogP contribution < -0.4 is 15.4 Å². The Kier molecular flexibility index (Phi) is 9.42. The summed E-state index contributed by atoms with van der Waals surface area (Å²) in [6, 6.07) is 4.44. The largest absolute Gasteiger partial charge is 0.504 e. The number of hydrogen-bond acceptors (Lipinski definition) is 6. The van der Waals surface area contributed by atoms with Crippen LogP contribution in [0, 0.1) is 0 Å². The molecule has 0 radical (unpaired) electrons. The number of amides is 2. The fourth-order valence-electron chi connectivity index (χ4n) is 2.10. The van der Waals surface area contributed by atoms with Gasteiger partial charge in [0.05, 0.1) is 7.11 Å². The van der Waals surface area contributed by atoms with Gasteiger partial charge in [0.25, 0.3) is 5.91 Å². The van der Waals surface area contributed by atoms with Crippen LogP contribution in [0.25, 0.3) is 0 Å². The Morgan fingerprint density at radius 3 is 2.37 bits per heavy atom. The van der Waals surface area contributed by atoms with Gasteiger partial charge < -0.3 is 25.2 Å². The van der Waals surface area contributed by atoms with Crippen LogP contribution in [0.3, 0.4) is 0 Å². The van der Waals surface area contributed by atoms with Gasteiger partial charge in [0.2, 0.25) is 5.91 Å². The Labute approximate surface area is 158 Å². The van der Waals surface area contributed by atoms with E-state index in [1.54, 1.807) is 19.1 Å². The Morgan fingerprint density at radius 2 is 1.78 bits per heavy atom. The second-order valence-electron chi connectivity index (χ2n) is 5.80. The number of aromatic hydroxyl groups is 1. The SMILES string of the molecule is COc1ccc(C(=O)NCCCCNC(=O)/C(C)=C/COC(C)=O)cc1O. The minimum absolute atomic E-state index is 0.0710. The van der Waals surface area contributed by atoms with E-state index in [-0.39, 0.29) is 24.2 Å². The number of phenolic OH excluding ortho intramolecular Hbond substituents is 1. The molecule has 8 heteroatoms. The van der Waals surface area contributed by atoms with Crippen LogP contribution in [0.15, 0.2) is 29.8 Å². The highest BCUT2D eigenvalue weighted by molar-refractivity contribution is 5.94. The summed E-state index contributed by atoms with van der Waals surface area (Å²) in [6.07, 6.45) is 2.92. The van der Waals surface area contributed by atoms with Crippen LogP contribution in [-0.4, -0.2) is 49.7 Å². The summed E-state index contributed by atoms with van der Waals surface area (Å²) in [4.78, 5) is 34.5. The molecule has 0 aromatic heterocycles. The molecule has 0 atom stereocenters. The maximum atomic E-state index is 12.0. The molecule has 0 spiro atoms. The van der Waals surface area contributed by atoms with Crippen LogP contribution in [0.1, 0.15) is 37.0 Å². The van der Waals surface area contributed by atoms with Crippen LogP contribution in [0.4, 0.5) is 0 Å². The van der Waals surface area contributed by atoms with Crippen LogP contribution in [0.5, 0.6) is 11.5 Å². The molecule has 0 bridgehead atoms. The van der Waals surface area contributed by atoms with Crippen LogP contribution >= 0.6 is 0 Å². The van der Waals surface area contributed by atoms with E-state index < -0.39 is 5.97 Å². The highest BCUT2D eigenvalue weighted by Crippen LogP contribution is 2.26. The number of unbranched alkanes of at least 4 members (excludes halogenated alkanes) is 1. The number of benzene rings is 1. The van der Waals surface area contributed by atoms with Gasteiger partial charge in [-0.1, -0.05) is 0 Å². The normalized spacial score (nSPS) is 10.9. The van der Waals surface area contributed by atoms with Crippen molar-refractivity contribution >= 4 is 17.8 Å². The minimum atomic E-state index is -0.397. The first-order valence-corrected chi connectivity index (χ1v) is 8.58. The molecule has 1 aromatic carbocycles. The first-order valence-electron chi connectivity index (χ1n) is 8.58. The van der Waals surface area contributed by atoms with E-state index in [1.165, 1.54) is 26.2 Å². The molecule has 148 valence electrons. The molecule has 27 heavy (non-hydrogen) atoms. The molecule has 3 N–H and O–H groups in total. The Bertz CT molecular complexity index is 699. The lowest BCUT2D eigenvalue weighted by Gasteiger charge is -2.08. The third-order valence-corrected chi connectivity index (χ3v) is 3.65. The summed E-state index contributed by atoms with van der Waals surface area (Å²) in [6.45, 7) is 3.93. The van der Waals surface area contributed by atoms with Crippen LogP contribution in [-0.2, 0) is 14.3 Å². The molecule has 0 saturated heterocycles. The van der Waals surface area contributed by atoms with Crippen molar-refractivity contribution in [3.05, 3.63) is 35.4 Å². The Balaban J connectivity index is 2.23. The van der Waals surface area contributed by atoms with Crippen molar-refractivity contribution in [1.29, 1.82) is 0 Å². The van der Waals surface area contributed by atoms with E-state index in [4.69, 9.17) is 9.47 Å². The monoisotopic (exact) mass is 378 g/mol. The van der Waals surface area contributed by atoms with Gasteiger partial charge in [-0.3, -0.25) is 14.4 Å². The molecule has 0 heterocycles. The molecular weight excluding hydrogens is 352 g/mol. The van der Waals surface area contributed by atoms with Crippen molar-refractivity contribution in [1.82, 2.24) is 10.6 Å². The van der Waals surface area contributed by atoms with E-state index in [0.29, 0.717) is 42.8 Å². The molecular formula is C19H26N2O6. The number of rotatable bonds is 10. The number of methoxy groups -OCH3 is 1. The number of esters is 1. The Morgan fingerprint density at radius 1 is 1.11 bits per heavy atom. The van der Waals surface area contributed by atoms with E-state index in [2.05, 4.69) is 10.6 Å². The van der Waals surface area contributed by atoms with E-state index in [9.17, 15) is 19.5 Å². The molecule has 8 nitrogen and oxygen atoms in total. The lowest BCUT2D eigenvalue weighted by molar-refractivity contribution is -0.139. The fraction of sp³-hybridized carbons (Fsp3) is 0.421. The first kappa shape index (κ1) is 22.0. The summed E-state index contributed by atoms with van der Waals surface area (Å²) in [5.74, 6) is -0.697. The van der Waals surface area contributed by atoms with Gasteiger partial charge in [0.15, 0.2) is 11.5 Å². The van der Waals surface area contributed by atoms with Gasteiger partial charge >= 0.3 is 5.97 Å². The predicted octanol–water partition coefficient (Wildman–Crippen LogP) is 1.54. The van der Waals surface area contributed by atoms with Crippen molar-refractivity contribution in [2.24, 2.45) is 0 Å². The highest BCUT2D eigenvalue weighted by atomic mass is 16.5. The van der Waals surface area contributed by atoms with Gasteiger partial charge in [0, 0.05) is 31.1 Å². The summed E-state index contributed by atoms with van der Waals surface area (Å²) in [5, 5.41) is 15.2. The first-order chi connectivity index (χ1) is 12.8. The molecule has 0 unspecified atom stereocenters. The zero-order valence-electron chi connectivity index (χ0n) is 15.8. The van der Waals surface area contributed by atoms with Crippen molar-refractivity contribution in [2.75, 3.05) is 26.8 Å². The quantitative estimate of drug-likeness (QED) is 0.323. The number of phenols is 1. The molecule has 0 saturated carbocycles. The van der Waals surface area contributed by atoms with Gasteiger partial charge in [-0.05, 0) is 44.0 Å². The second-order valence-corrected chi connectivity index (χ2v) is 5.80. The minimum Gasteiger partial charge on any atom is -0.504 e. The Hall–Kier alpha value is -3.03. The second kappa shape index (κ2) is 11.6. The van der Waals surface area contributed by atoms with E-state index in [0.717, 1.165) is 0 Å². The molecule has 0 aliphatic rings. The highest BCUT2D eigenvalue weighted by Gasteiger charge is 2.09. The topological polar surface area (TPSA) is 114 Å². The van der Waals surface area contributed by atoms with Gasteiger partial charge in [0.1, 0.15) is 6.61 Å². The van der Waals surface area contributed by atoms with Crippen molar-refractivity contribution in [2.45, 2.75) is 26.7 Å². The average molecular weight is 378 g/mol. The number of nitrogens with one attached hydrogen (secondary N) is 2. The van der Waals surface area contributed by atoms with Crippen molar-refractivity contribution < 1.29 is 29.0 Å². The molecule has 0 fully saturated rings. The van der Waals surface area contributed by atoms with Crippen LogP contribution in [0.2, 0.25) is 0 Å². The van der Waals surface area contributed by atoms with E-state index in [1.807, 2.05) is 0 Å². The average Bonchev–Trinajstić information content (AvgIpc) is 2.63. The summed E-state index contributed by atoms with van der Waals surface area (Å²) < 4.78 is 9.67. The maximum Gasteiger partial charge on any atom is 0.302 e. The summed E-state index contributed by atoms with van der Waals surface area (Å²) in [5.41, 5.74) is 0.819. The third-order valence-electron chi connectivity index (χ3n) is 3.65. The van der Waals surface area contributed by atoms with Gasteiger partial charge in [-0.2, -0.15) is 0 Å². The fourth-order valence-corrected chi connectivity index (χ4v) is 2.10. The van der Waals surface area contributed by atoms with Crippen molar-refractivity contribution in [3.8, 4) is 11.5 Å². The predicted molar refractivity (Wildman–Crippen MR) is 99.6 cm³/mol. The zero-order chi connectivity index (χ0) is 20.2. The summed E-state index contributed by atoms with van der Waals surface area (Å²) in [7, 11) is 1.44. The molecule has 2 amide bonds. The smallest absolute Gasteiger partial charge is 0.302 e. The molecule has 0 aliphatic carbocycles. The molecule has 0 aliphatic heterocycles. The lowest BCUT2D eigenvalue weighted by Crippen LogP contribution is -2.27. The number of carbonyl (C=O) groups is 3. The molecule has 1 aromatic rings. The van der Waals surface area contributed by atoms with Gasteiger partial charge in [-0.25, -0.2) is 0 Å². The molecule has 1 rings (SSSR count). The number of hydrogen-bond donors (Lipinski definition) is 3.